The molecule has 152 valence electrons. The van der Waals surface area contributed by atoms with Crippen molar-refractivity contribution in [2.24, 2.45) is 0 Å². The van der Waals surface area contributed by atoms with E-state index in [1.165, 1.54) is 0 Å². The minimum Gasteiger partial charge on any atom is -0.482 e. The highest BCUT2D eigenvalue weighted by Crippen LogP contribution is 2.36. The Balaban J connectivity index is 0.00000117. The quantitative estimate of drug-likeness (QED) is 0.505. The number of H-pyrrole nitrogens is 1. The molecule has 3 heterocycles. The lowest BCUT2D eigenvalue weighted by molar-refractivity contribution is 0.0737. The number of hydrogen-bond acceptors (Lipinski definition) is 5. The Morgan fingerprint density at radius 2 is 1.90 bits per heavy atom. The molecule has 4 aromatic rings. The van der Waals surface area contributed by atoms with Gasteiger partial charge in [0.2, 0.25) is 0 Å². The molecule has 0 saturated heterocycles. The first-order chi connectivity index (χ1) is 14.0. The summed E-state index contributed by atoms with van der Waals surface area (Å²) >= 11 is 0. The Morgan fingerprint density at radius 1 is 1.10 bits per heavy atom. The molecule has 0 fully saturated rings. The summed E-state index contributed by atoms with van der Waals surface area (Å²) in [5, 5.41) is 10.7. The Labute approximate surface area is 166 Å². The van der Waals surface area contributed by atoms with Crippen LogP contribution in [-0.4, -0.2) is 29.9 Å². The molecule has 4 rings (SSSR count). The van der Waals surface area contributed by atoms with Gasteiger partial charge in [-0.2, -0.15) is 24.2 Å². The molecule has 0 aliphatic rings. The number of ether oxygens (including phenoxy) is 1. The van der Waals surface area contributed by atoms with Gasteiger partial charge in [0.1, 0.15) is 29.4 Å². The zero-order valence-electron chi connectivity index (χ0n) is 16.6. The van der Waals surface area contributed by atoms with E-state index in [1.807, 2.05) is 32.9 Å². The minimum absolute atomic E-state index is 0.220. The lowest BCUT2D eigenvalue weighted by Gasteiger charge is -2.17. The number of imidazole rings is 1. The number of halogens is 2. The summed E-state index contributed by atoms with van der Waals surface area (Å²) in [6.45, 7) is 4.88. The van der Waals surface area contributed by atoms with Gasteiger partial charge < -0.3 is 4.74 Å². The van der Waals surface area contributed by atoms with Gasteiger partial charge >= 0.3 is 6.55 Å². The Morgan fingerprint density at radius 3 is 2.52 bits per heavy atom. The lowest BCUT2D eigenvalue weighted by Crippen LogP contribution is -2.07. The van der Waals surface area contributed by atoms with Gasteiger partial charge in [0.05, 0.1) is 16.9 Å². The molecular formula is C20H22F2N6O. The summed E-state index contributed by atoms with van der Waals surface area (Å²) < 4.78 is 33.7. The van der Waals surface area contributed by atoms with Crippen LogP contribution in [0.5, 0.6) is 5.75 Å². The second-order valence-electron chi connectivity index (χ2n) is 6.04. The highest BCUT2D eigenvalue weighted by molar-refractivity contribution is 5.87. The maximum absolute atomic E-state index is 13.4. The van der Waals surface area contributed by atoms with E-state index in [1.54, 1.807) is 31.3 Å². The Hall–Kier alpha value is -3.36. The third-order valence-electron chi connectivity index (χ3n) is 4.25. The molecule has 0 amide bonds. The normalized spacial score (nSPS) is 12.0. The number of benzene rings is 1. The molecule has 3 aromatic heterocycles. The highest BCUT2D eigenvalue weighted by atomic mass is 19.3. The van der Waals surface area contributed by atoms with Gasteiger partial charge in [0.25, 0.3) is 0 Å². The van der Waals surface area contributed by atoms with Gasteiger partial charge in [-0.05, 0) is 38.1 Å². The van der Waals surface area contributed by atoms with Crippen molar-refractivity contribution in [3.63, 3.8) is 0 Å². The van der Waals surface area contributed by atoms with E-state index < -0.39 is 12.7 Å². The molecular weight excluding hydrogens is 378 g/mol. The van der Waals surface area contributed by atoms with Crippen molar-refractivity contribution in [2.45, 2.75) is 40.3 Å². The van der Waals surface area contributed by atoms with Crippen molar-refractivity contribution >= 4 is 11.0 Å². The molecule has 1 aromatic carbocycles. The van der Waals surface area contributed by atoms with Crippen LogP contribution in [0.4, 0.5) is 8.78 Å². The average Bonchev–Trinajstić information content (AvgIpc) is 3.36. The number of aromatic amines is 1. The predicted molar refractivity (Wildman–Crippen MR) is 106 cm³/mol. The summed E-state index contributed by atoms with van der Waals surface area (Å²) in [5.74, 6) is 0.279. The predicted octanol–water partition coefficient (Wildman–Crippen LogP) is 5.09. The number of aryl methyl sites for hydroxylation is 1. The monoisotopic (exact) mass is 400 g/mol. The number of aromatic nitrogens is 6. The van der Waals surface area contributed by atoms with Crippen LogP contribution in [0.3, 0.4) is 0 Å². The van der Waals surface area contributed by atoms with E-state index in [-0.39, 0.29) is 11.3 Å². The zero-order chi connectivity index (χ0) is 21.0. The molecule has 9 heteroatoms. The third-order valence-corrected chi connectivity index (χ3v) is 4.25. The minimum atomic E-state index is -2.73. The molecule has 29 heavy (non-hydrogen) atoms. The van der Waals surface area contributed by atoms with Gasteiger partial charge in [-0.15, -0.1) is 0 Å². The van der Waals surface area contributed by atoms with E-state index in [2.05, 4.69) is 25.4 Å². The largest absolute Gasteiger partial charge is 0.482 e. The van der Waals surface area contributed by atoms with Gasteiger partial charge in [0, 0.05) is 11.8 Å². The molecule has 0 unspecified atom stereocenters. The van der Waals surface area contributed by atoms with E-state index in [0.29, 0.717) is 28.2 Å². The summed E-state index contributed by atoms with van der Waals surface area (Å²) in [5.41, 5.74) is 3.27. The molecule has 0 spiro atoms. The van der Waals surface area contributed by atoms with Crippen molar-refractivity contribution in [2.75, 3.05) is 0 Å². The molecule has 0 aliphatic carbocycles. The van der Waals surface area contributed by atoms with Crippen LogP contribution >= 0.6 is 0 Å². The van der Waals surface area contributed by atoms with Crippen LogP contribution in [0, 0.1) is 6.92 Å². The second kappa shape index (κ2) is 8.76. The van der Waals surface area contributed by atoms with E-state index in [4.69, 9.17) is 4.74 Å². The topological polar surface area (TPSA) is 81.5 Å². The lowest BCUT2D eigenvalue weighted by atomic mass is 10.1. The summed E-state index contributed by atoms with van der Waals surface area (Å²) in [4.78, 5) is 8.37. The van der Waals surface area contributed by atoms with E-state index in [0.717, 1.165) is 10.9 Å². The summed E-state index contributed by atoms with van der Waals surface area (Å²) in [7, 11) is 0. The fourth-order valence-corrected chi connectivity index (χ4v) is 2.93. The number of pyridine rings is 1. The number of nitrogens with zero attached hydrogens (tertiary/aromatic N) is 5. The fraction of sp³-hybridized carbons (Fsp3) is 0.300. The van der Waals surface area contributed by atoms with E-state index in [9.17, 15) is 8.78 Å². The van der Waals surface area contributed by atoms with Crippen LogP contribution in [-0.2, 0) is 0 Å². The first kappa shape index (κ1) is 20.4. The van der Waals surface area contributed by atoms with Crippen LogP contribution in [0.15, 0.2) is 42.9 Å². The standard InChI is InChI=1S/C18H16F2N6O.C2H6/c1-10-16(24-25-23-10)12-7-14-17(26(9-22-14)18(19)20)15(8-12)27-11(2)13-5-3-4-6-21-13;1-2/h3-9,11,18H,1-2H3,(H,23,24,25);1-2H3/t11-;/m1./s1. The first-order valence-corrected chi connectivity index (χ1v) is 9.28. The van der Waals surface area contributed by atoms with Gasteiger partial charge in [-0.1, -0.05) is 19.9 Å². The molecule has 1 atom stereocenters. The second-order valence-corrected chi connectivity index (χ2v) is 6.04. The van der Waals surface area contributed by atoms with Gasteiger partial charge in [-0.3, -0.25) is 9.55 Å². The maximum atomic E-state index is 13.4. The van der Waals surface area contributed by atoms with Crippen LogP contribution in [0.1, 0.15) is 44.8 Å². The number of hydrogen-bond donors (Lipinski definition) is 1. The number of rotatable bonds is 5. The smallest absolute Gasteiger partial charge is 0.320 e. The van der Waals surface area contributed by atoms with Crippen LogP contribution in [0.2, 0.25) is 0 Å². The van der Waals surface area contributed by atoms with Crippen LogP contribution in [0.25, 0.3) is 22.3 Å². The molecule has 0 aliphatic heterocycles. The van der Waals surface area contributed by atoms with Crippen LogP contribution < -0.4 is 4.74 Å². The van der Waals surface area contributed by atoms with Crippen molar-refractivity contribution in [3.05, 3.63) is 54.2 Å². The third kappa shape index (κ3) is 4.08. The molecule has 0 radical (unpaired) electrons. The van der Waals surface area contributed by atoms with Gasteiger partial charge in [0.15, 0.2) is 0 Å². The van der Waals surface area contributed by atoms with E-state index >= 15 is 0 Å². The Bertz CT molecular complexity index is 1080. The van der Waals surface area contributed by atoms with Gasteiger partial charge in [-0.25, -0.2) is 4.98 Å². The molecule has 1 N–H and O–H groups in total. The number of fused-ring (bicyclic) bond motifs is 1. The van der Waals surface area contributed by atoms with Crippen molar-refractivity contribution in [1.82, 2.24) is 29.9 Å². The SMILES string of the molecule is CC.Cc1n[nH]nc1-c1cc(O[C@H](C)c2ccccn2)c2c(c1)ncn2C(F)F. The fourth-order valence-electron chi connectivity index (χ4n) is 2.93. The molecule has 0 bridgehead atoms. The average molecular weight is 400 g/mol. The van der Waals surface area contributed by atoms with Crippen molar-refractivity contribution in [1.29, 1.82) is 0 Å². The molecule has 0 saturated carbocycles. The summed E-state index contributed by atoms with van der Waals surface area (Å²) in [6, 6.07) is 8.83. The number of nitrogens with one attached hydrogen (secondary N) is 1. The Kier molecular flexibility index (Phi) is 6.16. The molecule has 7 nitrogen and oxygen atoms in total. The number of alkyl halides is 2. The van der Waals surface area contributed by atoms with Crippen molar-refractivity contribution in [3.8, 4) is 17.0 Å². The summed E-state index contributed by atoms with van der Waals surface area (Å²) in [6.07, 6.45) is 2.32. The zero-order valence-corrected chi connectivity index (χ0v) is 16.6. The van der Waals surface area contributed by atoms with Crippen molar-refractivity contribution < 1.29 is 13.5 Å². The first-order valence-electron chi connectivity index (χ1n) is 9.28. The maximum Gasteiger partial charge on any atom is 0.320 e. The highest BCUT2D eigenvalue weighted by Gasteiger charge is 2.20.